The molecule has 46 heavy (non-hydrogen) atoms. The molecule has 2 heterocycles. The van der Waals surface area contributed by atoms with Crippen LogP contribution in [0.4, 0.5) is 11.4 Å². The van der Waals surface area contributed by atoms with Gasteiger partial charge in [0, 0.05) is 55.5 Å². The average Bonchev–Trinajstić information content (AvgIpc) is 3.64. The molecule has 2 aliphatic rings. The van der Waals surface area contributed by atoms with Crippen molar-refractivity contribution in [3.63, 3.8) is 0 Å². The van der Waals surface area contributed by atoms with Crippen molar-refractivity contribution in [1.29, 1.82) is 0 Å². The van der Waals surface area contributed by atoms with Crippen molar-refractivity contribution >= 4 is 23.2 Å². The van der Waals surface area contributed by atoms with Crippen LogP contribution in [0.5, 0.6) is 0 Å². The maximum absolute atomic E-state index is 13.6. The number of anilines is 2. The van der Waals surface area contributed by atoms with Crippen LogP contribution in [-0.4, -0.2) is 83.2 Å². The molecule has 1 saturated carbocycles. The Morgan fingerprint density at radius 2 is 1.50 bits per heavy atom. The number of nitrogens with one attached hydrogen (secondary N) is 3. The van der Waals surface area contributed by atoms with Gasteiger partial charge in [0.05, 0.1) is 0 Å². The van der Waals surface area contributed by atoms with Crippen molar-refractivity contribution in [2.75, 3.05) is 50.0 Å². The van der Waals surface area contributed by atoms with Gasteiger partial charge in [-0.2, -0.15) is 5.21 Å². The third-order valence-corrected chi connectivity index (χ3v) is 9.40. The van der Waals surface area contributed by atoms with E-state index in [4.69, 9.17) is 5.73 Å². The first-order valence-electron chi connectivity index (χ1n) is 16.2. The van der Waals surface area contributed by atoms with Crippen molar-refractivity contribution in [3.8, 4) is 22.5 Å². The number of piperazine rings is 1. The zero-order valence-electron chi connectivity index (χ0n) is 26.4. The number of amides is 2. The van der Waals surface area contributed by atoms with Crippen LogP contribution in [0.3, 0.4) is 0 Å². The van der Waals surface area contributed by atoms with Crippen molar-refractivity contribution in [2.45, 2.75) is 38.1 Å². The maximum atomic E-state index is 13.6. The largest absolute Gasteiger partial charge is 0.369 e. The van der Waals surface area contributed by atoms with Crippen LogP contribution in [-0.2, 0) is 16.0 Å². The summed E-state index contributed by atoms with van der Waals surface area (Å²) in [6.45, 7) is 4.88. The van der Waals surface area contributed by atoms with E-state index in [-0.39, 0.29) is 17.7 Å². The number of rotatable bonds is 10. The lowest BCUT2D eigenvalue weighted by atomic mass is 9.81. The molecule has 2 amide bonds. The van der Waals surface area contributed by atoms with Gasteiger partial charge in [-0.1, -0.05) is 36.4 Å². The lowest BCUT2D eigenvalue weighted by Gasteiger charge is -2.34. The van der Waals surface area contributed by atoms with Gasteiger partial charge in [-0.25, -0.2) is 0 Å². The summed E-state index contributed by atoms with van der Waals surface area (Å²) in [7, 11) is 2.17. The predicted molar refractivity (Wildman–Crippen MR) is 180 cm³/mol. The van der Waals surface area contributed by atoms with Gasteiger partial charge in [-0.3, -0.25) is 9.59 Å². The van der Waals surface area contributed by atoms with Gasteiger partial charge in [0.1, 0.15) is 6.04 Å². The Kier molecular flexibility index (Phi) is 10.00. The number of nitrogens with two attached hydrogens (primary N) is 1. The molecule has 1 saturated heterocycles. The molecule has 1 aromatic heterocycles. The quantitative estimate of drug-likeness (QED) is 0.210. The molecule has 2 fully saturated rings. The van der Waals surface area contributed by atoms with E-state index >= 15 is 0 Å². The van der Waals surface area contributed by atoms with Gasteiger partial charge in [-0.05, 0) is 103 Å². The number of hydrogen-bond donors (Lipinski definition) is 4. The minimum atomic E-state index is -0.731. The van der Waals surface area contributed by atoms with E-state index < -0.39 is 6.04 Å². The van der Waals surface area contributed by atoms with Crippen molar-refractivity contribution < 1.29 is 9.59 Å². The molecule has 0 radical (unpaired) electrons. The van der Waals surface area contributed by atoms with Crippen molar-refractivity contribution in [3.05, 3.63) is 78.4 Å². The predicted octanol–water partition coefficient (Wildman–Crippen LogP) is 3.72. The van der Waals surface area contributed by atoms with E-state index in [1.165, 1.54) is 5.69 Å². The molecule has 1 aliphatic carbocycles. The second kappa shape index (κ2) is 14.7. The first-order chi connectivity index (χ1) is 22.4. The molecule has 5 N–H and O–H groups in total. The number of aromatic amines is 1. The van der Waals surface area contributed by atoms with E-state index in [0.29, 0.717) is 30.4 Å². The van der Waals surface area contributed by atoms with Crippen molar-refractivity contribution in [2.24, 2.45) is 17.6 Å². The van der Waals surface area contributed by atoms with Gasteiger partial charge in [-0.15, -0.1) is 10.2 Å². The summed E-state index contributed by atoms with van der Waals surface area (Å²) in [5, 5.41) is 20.1. The smallest absolute Gasteiger partial charge is 0.247 e. The number of nitrogens with zero attached hydrogens (tertiary/aromatic N) is 5. The third-order valence-electron chi connectivity index (χ3n) is 9.40. The Bertz CT molecular complexity index is 1560. The highest BCUT2D eigenvalue weighted by atomic mass is 16.2. The number of benzene rings is 3. The molecule has 0 spiro atoms. The topological polar surface area (TPSA) is 145 Å². The monoisotopic (exact) mass is 621 g/mol. The minimum absolute atomic E-state index is 0.0693. The number of likely N-dealkylation sites (N-methyl/N-ethyl adjacent to an activating group) is 1. The van der Waals surface area contributed by atoms with Gasteiger partial charge < -0.3 is 26.2 Å². The summed E-state index contributed by atoms with van der Waals surface area (Å²) >= 11 is 0. The van der Waals surface area contributed by atoms with Gasteiger partial charge >= 0.3 is 0 Å². The second-order valence-electron chi connectivity index (χ2n) is 12.6. The van der Waals surface area contributed by atoms with E-state index in [2.05, 4.69) is 84.5 Å². The molecule has 4 aromatic rings. The number of tetrazole rings is 1. The van der Waals surface area contributed by atoms with Gasteiger partial charge in [0.2, 0.25) is 17.6 Å². The summed E-state index contributed by atoms with van der Waals surface area (Å²) in [5.74, 6) is 0.505. The van der Waals surface area contributed by atoms with E-state index in [0.717, 1.165) is 74.1 Å². The highest BCUT2D eigenvalue weighted by molar-refractivity contribution is 5.97. The zero-order chi connectivity index (χ0) is 31.9. The normalized spacial score (nSPS) is 19.4. The summed E-state index contributed by atoms with van der Waals surface area (Å²) in [5.41, 5.74) is 11.7. The fourth-order valence-corrected chi connectivity index (χ4v) is 6.37. The zero-order valence-corrected chi connectivity index (χ0v) is 26.4. The average molecular weight is 622 g/mol. The number of hydrogen-bond acceptors (Lipinski definition) is 8. The molecule has 11 nitrogen and oxygen atoms in total. The van der Waals surface area contributed by atoms with Crippen LogP contribution < -0.4 is 21.3 Å². The Morgan fingerprint density at radius 1 is 0.870 bits per heavy atom. The van der Waals surface area contributed by atoms with Gasteiger partial charge in [0.15, 0.2) is 0 Å². The molecular formula is C35H43N9O2. The van der Waals surface area contributed by atoms with Gasteiger partial charge in [0.25, 0.3) is 0 Å². The second-order valence-corrected chi connectivity index (χ2v) is 12.6. The SMILES string of the molecule is CN1CCN(c2ccc(-c3ccc(C[C@H](NC(=O)C4CCC(CN)CC4)C(=O)Nc4ccc(-c5nn[nH]n5)cc4)cc3)cc2)CC1. The Morgan fingerprint density at radius 3 is 2.11 bits per heavy atom. The summed E-state index contributed by atoms with van der Waals surface area (Å²) < 4.78 is 0. The van der Waals surface area contributed by atoms with Crippen LogP contribution in [0.25, 0.3) is 22.5 Å². The fraction of sp³-hybridized carbons (Fsp3) is 0.400. The van der Waals surface area contributed by atoms with Crippen LogP contribution in [0.2, 0.25) is 0 Å². The third kappa shape index (κ3) is 7.78. The summed E-state index contributed by atoms with van der Waals surface area (Å²) in [4.78, 5) is 31.8. The lowest BCUT2D eigenvalue weighted by molar-refractivity contribution is -0.130. The minimum Gasteiger partial charge on any atom is -0.369 e. The van der Waals surface area contributed by atoms with Crippen LogP contribution in [0.15, 0.2) is 72.8 Å². The Hall–Kier alpha value is -4.61. The molecule has 1 atom stereocenters. The molecule has 6 rings (SSSR count). The highest BCUT2D eigenvalue weighted by Gasteiger charge is 2.29. The Labute approximate surface area is 269 Å². The highest BCUT2D eigenvalue weighted by Crippen LogP contribution is 2.29. The first kappa shape index (κ1) is 31.4. The maximum Gasteiger partial charge on any atom is 0.247 e. The molecule has 3 aromatic carbocycles. The fourth-order valence-electron chi connectivity index (χ4n) is 6.37. The molecule has 0 unspecified atom stereocenters. The first-order valence-corrected chi connectivity index (χ1v) is 16.2. The number of H-pyrrole nitrogens is 1. The summed E-state index contributed by atoms with van der Waals surface area (Å²) in [6, 6.07) is 23.5. The summed E-state index contributed by atoms with van der Waals surface area (Å²) in [6.07, 6.45) is 3.84. The van der Waals surface area contributed by atoms with Crippen LogP contribution >= 0.6 is 0 Å². The molecule has 1 aliphatic heterocycles. The number of aromatic nitrogens is 4. The van der Waals surface area contributed by atoms with E-state index in [1.807, 2.05) is 24.3 Å². The molecule has 240 valence electrons. The van der Waals surface area contributed by atoms with Crippen LogP contribution in [0.1, 0.15) is 31.2 Å². The molecule has 11 heteroatoms. The van der Waals surface area contributed by atoms with Crippen molar-refractivity contribution in [1.82, 2.24) is 30.8 Å². The Balaban J connectivity index is 1.13. The standard InChI is InChI=1S/C35H43N9O2/c1-43-18-20-44(21-19-43)31-16-12-27(13-17-31)26-6-2-24(3-7-26)22-32(38-34(45)29-8-4-25(23-36)5-9-29)35(46)37-30-14-10-28(11-15-30)33-39-41-42-40-33/h2-3,6-7,10-17,25,29,32H,4-5,8-9,18-23,36H2,1H3,(H,37,46)(H,38,45)(H,39,40,41,42)/t25?,29?,32-/m0/s1. The number of carbonyl (C=O) groups excluding carboxylic acids is 2. The molecule has 0 bridgehead atoms. The molecular weight excluding hydrogens is 578 g/mol. The van der Waals surface area contributed by atoms with Crippen LogP contribution in [0, 0.1) is 11.8 Å². The number of carbonyl (C=O) groups is 2. The van der Waals surface area contributed by atoms with E-state index in [1.54, 1.807) is 12.1 Å². The lowest BCUT2D eigenvalue weighted by Crippen LogP contribution is -2.48. The van der Waals surface area contributed by atoms with E-state index in [9.17, 15) is 9.59 Å².